The molecule has 0 spiro atoms. The van der Waals surface area contributed by atoms with Crippen molar-refractivity contribution >= 4 is 17.3 Å². The van der Waals surface area contributed by atoms with Gasteiger partial charge in [0, 0.05) is 42.7 Å². The number of rotatable bonds is 4. The van der Waals surface area contributed by atoms with Gasteiger partial charge < -0.3 is 14.9 Å². The van der Waals surface area contributed by atoms with Gasteiger partial charge in [0.05, 0.1) is 10.7 Å². The number of fused-ring (bicyclic) bond motifs is 1. The molecule has 3 aromatic rings. The molecule has 4 rings (SSSR count). The number of aromatic nitrogens is 3. The first-order valence-electron chi connectivity index (χ1n) is 8.43. The zero-order valence-corrected chi connectivity index (χ0v) is 15.2. The minimum Gasteiger partial charge on any atom is -0.361 e. The zero-order chi connectivity index (χ0) is 19.0. The number of halogens is 2. The van der Waals surface area contributed by atoms with Crippen molar-refractivity contribution in [3.05, 3.63) is 58.8 Å². The Morgan fingerprint density at radius 1 is 1.37 bits per heavy atom. The van der Waals surface area contributed by atoms with Crippen molar-refractivity contribution < 1.29 is 14.0 Å². The first-order chi connectivity index (χ1) is 13.0. The third-order valence-electron chi connectivity index (χ3n) is 4.56. The first-order valence-corrected chi connectivity index (χ1v) is 8.81. The summed E-state index contributed by atoms with van der Waals surface area (Å²) in [4.78, 5) is 10.3. The van der Waals surface area contributed by atoms with E-state index in [1.165, 1.54) is 18.2 Å². The molecule has 9 heteroatoms. The number of anilines is 1. The second kappa shape index (κ2) is 7.22. The van der Waals surface area contributed by atoms with Crippen LogP contribution in [0.25, 0.3) is 11.6 Å². The van der Waals surface area contributed by atoms with Crippen molar-refractivity contribution in [1.82, 2.24) is 20.0 Å². The molecular formula is C18H17ClFN5O2. The third-order valence-corrected chi connectivity index (χ3v) is 4.85. The lowest BCUT2D eigenvalue weighted by Gasteiger charge is -2.36. The molecule has 0 amide bonds. The molecule has 3 heterocycles. The third kappa shape index (κ3) is 3.51. The monoisotopic (exact) mass is 389 g/mol. The maximum Gasteiger partial charge on any atom is 0.208 e. The minimum atomic E-state index is -1.01. The van der Waals surface area contributed by atoms with Crippen molar-refractivity contribution in [1.29, 1.82) is 0 Å². The van der Waals surface area contributed by atoms with Gasteiger partial charge in [-0.15, -0.1) is 0 Å². The van der Waals surface area contributed by atoms with Crippen LogP contribution in [-0.2, 0) is 13.0 Å². The Morgan fingerprint density at radius 2 is 2.15 bits per heavy atom. The highest BCUT2D eigenvalue weighted by Crippen LogP contribution is 2.31. The van der Waals surface area contributed by atoms with E-state index in [2.05, 4.69) is 20.4 Å². The summed E-state index contributed by atoms with van der Waals surface area (Å²) in [5, 5.41) is 17.7. The lowest BCUT2D eigenvalue weighted by Crippen LogP contribution is -2.48. The fourth-order valence-corrected chi connectivity index (χ4v) is 3.32. The summed E-state index contributed by atoms with van der Waals surface area (Å²) in [6, 6.07) is 5.93. The number of nitrogens with zero attached hydrogens (tertiary/aromatic N) is 4. The lowest BCUT2D eigenvalue weighted by atomic mass is 10.00. The molecule has 1 aliphatic heterocycles. The van der Waals surface area contributed by atoms with Gasteiger partial charge in [-0.3, -0.25) is 4.90 Å². The number of aliphatic hydroxyl groups is 1. The molecule has 0 saturated carbocycles. The summed E-state index contributed by atoms with van der Waals surface area (Å²) in [5.74, 6) is 0.442. The average Bonchev–Trinajstić information content (AvgIpc) is 3.07. The van der Waals surface area contributed by atoms with E-state index in [0.717, 1.165) is 11.3 Å². The highest BCUT2D eigenvalue weighted by molar-refractivity contribution is 6.31. The van der Waals surface area contributed by atoms with Crippen molar-refractivity contribution in [3.63, 3.8) is 0 Å². The molecular weight excluding hydrogens is 373 g/mol. The smallest absolute Gasteiger partial charge is 0.208 e. The highest BCUT2D eigenvalue weighted by atomic mass is 35.5. The first kappa shape index (κ1) is 17.8. The van der Waals surface area contributed by atoms with Gasteiger partial charge in [-0.2, -0.15) is 0 Å². The molecule has 1 aliphatic rings. The van der Waals surface area contributed by atoms with Crippen molar-refractivity contribution in [3.8, 4) is 11.6 Å². The van der Waals surface area contributed by atoms with Gasteiger partial charge >= 0.3 is 0 Å². The molecule has 2 unspecified atom stereocenters. The Kier molecular flexibility index (Phi) is 4.77. The van der Waals surface area contributed by atoms with E-state index >= 15 is 0 Å². The predicted octanol–water partition coefficient (Wildman–Crippen LogP) is 3.06. The van der Waals surface area contributed by atoms with Crippen LogP contribution >= 0.6 is 11.6 Å². The Hall–Kier alpha value is -2.55. The standard InChI is InChI=1S/C18H17ClFN5O2/c1-10-7-15-12(16(27-24-15)17-21-5-2-6-22-17)9-25(10)18(26)23-11-3-4-14(20)13(19)8-11/h2-6,8,10,18,23,26H,7,9H2,1H3. The Bertz CT molecular complexity index is 952. The van der Waals surface area contributed by atoms with Crippen LogP contribution in [0.15, 0.2) is 41.2 Å². The normalized spacial score (nSPS) is 18.1. The van der Waals surface area contributed by atoms with Crippen LogP contribution in [0.2, 0.25) is 5.02 Å². The van der Waals surface area contributed by atoms with Gasteiger partial charge in [0.2, 0.25) is 5.76 Å². The topological polar surface area (TPSA) is 87.3 Å². The summed E-state index contributed by atoms with van der Waals surface area (Å²) in [6.45, 7) is 2.38. The summed E-state index contributed by atoms with van der Waals surface area (Å²) in [5.41, 5.74) is 2.19. The van der Waals surface area contributed by atoms with Crippen molar-refractivity contribution in [2.75, 3.05) is 5.32 Å². The van der Waals surface area contributed by atoms with Crippen LogP contribution in [0.4, 0.5) is 10.1 Å². The van der Waals surface area contributed by atoms with Crippen LogP contribution in [0.1, 0.15) is 18.2 Å². The van der Waals surface area contributed by atoms with E-state index in [4.69, 9.17) is 16.1 Å². The molecule has 0 fully saturated rings. The van der Waals surface area contributed by atoms with Crippen molar-refractivity contribution in [2.45, 2.75) is 32.3 Å². The van der Waals surface area contributed by atoms with E-state index < -0.39 is 12.2 Å². The summed E-state index contributed by atoms with van der Waals surface area (Å²) >= 11 is 5.81. The largest absolute Gasteiger partial charge is 0.361 e. The predicted molar refractivity (Wildman–Crippen MR) is 97.3 cm³/mol. The number of hydrogen-bond donors (Lipinski definition) is 2. The Morgan fingerprint density at radius 3 is 2.89 bits per heavy atom. The summed E-state index contributed by atoms with van der Waals surface area (Å²) in [7, 11) is 0. The second-order valence-corrected chi connectivity index (χ2v) is 6.79. The maximum absolute atomic E-state index is 13.3. The van der Waals surface area contributed by atoms with Gasteiger partial charge in [0.15, 0.2) is 12.2 Å². The van der Waals surface area contributed by atoms with Crippen LogP contribution in [0.5, 0.6) is 0 Å². The molecule has 0 aliphatic carbocycles. The molecule has 140 valence electrons. The number of hydrogen-bond acceptors (Lipinski definition) is 7. The van der Waals surface area contributed by atoms with E-state index in [1.54, 1.807) is 18.5 Å². The summed E-state index contributed by atoms with van der Waals surface area (Å²) in [6.07, 6.45) is 2.87. The molecule has 2 aromatic heterocycles. The maximum atomic E-state index is 13.3. The molecule has 0 saturated heterocycles. The Balaban J connectivity index is 1.57. The SMILES string of the molecule is CC1Cc2noc(-c3ncccn3)c2CN1C(O)Nc1ccc(F)c(Cl)c1. The summed E-state index contributed by atoms with van der Waals surface area (Å²) < 4.78 is 18.8. The molecule has 7 nitrogen and oxygen atoms in total. The van der Waals surface area contributed by atoms with Crippen LogP contribution in [0.3, 0.4) is 0 Å². The van der Waals surface area contributed by atoms with Crippen molar-refractivity contribution in [2.24, 2.45) is 0 Å². The van der Waals surface area contributed by atoms with Gasteiger partial charge in [-0.25, -0.2) is 14.4 Å². The molecule has 2 atom stereocenters. The van der Waals surface area contributed by atoms with E-state index in [9.17, 15) is 9.50 Å². The van der Waals surface area contributed by atoms with Gasteiger partial charge in [0.1, 0.15) is 5.82 Å². The second-order valence-electron chi connectivity index (χ2n) is 6.38. The fraction of sp³-hybridized carbons (Fsp3) is 0.278. The zero-order valence-electron chi connectivity index (χ0n) is 14.4. The average molecular weight is 390 g/mol. The van der Waals surface area contributed by atoms with E-state index in [0.29, 0.717) is 30.2 Å². The molecule has 0 radical (unpaired) electrons. The number of nitrogens with one attached hydrogen (secondary N) is 1. The minimum absolute atomic E-state index is 0.00515. The van der Waals surface area contributed by atoms with Crippen LogP contribution in [0, 0.1) is 5.82 Å². The highest BCUT2D eigenvalue weighted by Gasteiger charge is 2.33. The van der Waals surface area contributed by atoms with E-state index in [1.807, 2.05) is 11.8 Å². The van der Waals surface area contributed by atoms with E-state index in [-0.39, 0.29) is 11.1 Å². The van der Waals surface area contributed by atoms with Crippen LogP contribution < -0.4 is 5.32 Å². The molecule has 27 heavy (non-hydrogen) atoms. The fourth-order valence-electron chi connectivity index (χ4n) is 3.14. The van der Waals surface area contributed by atoms with Gasteiger partial charge in [0.25, 0.3) is 0 Å². The van der Waals surface area contributed by atoms with Gasteiger partial charge in [-0.1, -0.05) is 16.8 Å². The quantitative estimate of drug-likeness (QED) is 0.663. The number of benzene rings is 1. The lowest BCUT2D eigenvalue weighted by molar-refractivity contribution is -0.0120. The van der Waals surface area contributed by atoms with Crippen LogP contribution in [-0.4, -0.2) is 37.5 Å². The molecule has 0 bridgehead atoms. The van der Waals surface area contributed by atoms with Gasteiger partial charge in [-0.05, 0) is 31.2 Å². The number of aliphatic hydroxyl groups excluding tert-OH is 1. The Labute approximate surface area is 159 Å². The molecule has 2 N–H and O–H groups in total. The molecule has 1 aromatic carbocycles.